The van der Waals surface area contributed by atoms with E-state index in [-0.39, 0.29) is 0 Å². The molecule has 1 aromatic rings. The Kier molecular flexibility index (Phi) is 3.31. The van der Waals surface area contributed by atoms with Gasteiger partial charge in [0.05, 0.1) is 6.04 Å². The second-order valence-electron chi connectivity index (χ2n) is 2.88. The molecule has 0 aliphatic carbocycles. The normalized spacial score (nSPS) is 14.2. The first kappa shape index (κ1) is 10.1. The van der Waals surface area contributed by atoms with E-state index in [1.807, 2.05) is 18.0 Å². The van der Waals surface area contributed by atoms with E-state index >= 15 is 0 Å². The molecule has 0 spiro atoms. The van der Waals surface area contributed by atoms with Gasteiger partial charge in [0.15, 0.2) is 5.96 Å². The lowest BCUT2D eigenvalue weighted by molar-refractivity contribution is 0.403. The number of hydrogen-bond donors (Lipinski definition) is 1. The van der Waals surface area contributed by atoms with Crippen LogP contribution in [0.4, 0.5) is 0 Å². The molecule has 3 nitrogen and oxygen atoms in total. The molecule has 0 fully saturated rings. The number of nitrogens with zero attached hydrogens (tertiary/aromatic N) is 2. The maximum atomic E-state index is 5.70. The molecule has 1 unspecified atom stereocenters. The van der Waals surface area contributed by atoms with Crippen molar-refractivity contribution in [3.8, 4) is 0 Å². The van der Waals surface area contributed by atoms with Gasteiger partial charge < -0.3 is 10.6 Å². The molecule has 4 heteroatoms. The first-order valence-electron chi connectivity index (χ1n) is 4.15. The van der Waals surface area contributed by atoms with Crippen LogP contribution >= 0.6 is 11.3 Å². The summed E-state index contributed by atoms with van der Waals surface area (Å²) in [5, 5.41) is 2.07. The zero-order chi connectivity index (χ0) is 9.84. The molecule has 1 rings (SSSR count). The van der Waals surface area contributed by atoms with Crippen LogP contribution in [0, 0.1) is 0 Å². The second-order valence-corrected chi connectivity index (χ2v) is 3.86. The van der Waals surface area contributed by atoms with Crippen LogP contribution in [-0.2, 0) is 0 Å². The van der Waals surface area contributed by atoms with Gasteiger partial charge in [-0.3, -0.25) is 4.99 Å². The van der Waals surface area contributed by atoms with E-state index in [2.05, 4.69) is 23.4 Å². The molecule has 1 heterocycles. The van der Waals surface area contributed by atoms with Gasteiger partial charge in [-0.2, -0.15) is 0 Å². The van der Waals surface area contributed by atoms with Crippen LogP contribution in [0.25, 0.3) is 0 Å². The SMILES string of the molecule is CN=C(N)N(C)C(C)c1cccs1. The number of aliphatic imine (C=N–C) groups is 1. The van der Waals surface area contributed by atoms with Crippen molar-refractivity contribution in [2.75, 3.05) is 14.1 Å². The molecule has 0 aliphatic rings. The van der Waals surface area contributed by atoms with Crippen molar-refractivity contribution in [1.82, 2.24) is 4.90 Å². The molecule has 0 aliphatic heterocycles. The van der Waals surface area contributed by atoms with Gasteiger partial charge >= 0.3 is 0 Å². The molecule has 13 heavy (non-hydrogen) atoms. The molecule has 1 aromatic heterocycles. The first-order chi connectivity index (χ1) is 6.16. The summed E-state index contributed by atoms with van der Waals surface area (Å²) in [4.78, 5) is 7.21. The average molecular weight is 197 g/mol. The first-order valence-corrected chi connectivity index (χ1v) is 5.03. The lowest BCUT2D eigenvalue weighted by Gasteiger charge is -2.24. The summed E-state index contributed by atoms with van der Waals surface area (Å²) >= 11 is 1.74. The summed E-state index contributed by atoms with van der Waals surface area (Å²) in [5.41, 5.74) is 5.70. The molecule has 0 aromatic carbocycles. The van der Waals surface area contributed by atoms with Crippen molar-refractivity contribution >= 4 is 17.3 Å². The van der Waals surface area contributed by atoms with Crippen LogP contribution in [0.1, 0.15) is 17.8 Å². The summed E-state index contributed by atoms with van der Waals surface area (Å²) < 4.78 is 0. The number of hydrogen-bond acceptors (Lipinski definition) is 2. The summed E-state index contributed by atoms with van der Waals surface area (Å²) in [6.07, 6.45) is 0. The molecule has 72 valence electrons. The van der Waals surface area contributed by atoms with Crippen molar-refractivity contribution in [3.05, 3.63) is 22.4 Å². The number of rotatable bonds is 2. The topological polar surface area (TPSA) is 41.6 Å². The summed E-state index contributed by atoms with van der Waals surface area (Å²) in [6, 6.07) is 4.45. The Morgan fingerprint density at radius 3 is 2.85 bits per heavy atom. The van der Waals surface area contributed by atoms with Gasteiger partial charge in [0.1, 0.15) is 0 Å². The molecular formula is C9H15N3S. The third-order valence-corrected chi connectivity index (χ3v) is 3.17. The Morgan fingerprint density at radius 1 is 1.69 bits per heavy atom. The van der Waals surface area contributed by atoms with Gasteiger partial charge in [0.25, 0.3) is 0 Å². The molecule has 0 amide bonds. The van der Waals surface area contributed by atoms with Crippen molar-refractivity contribution in [1.29, 1.82) is 0 Å². The van der Waals surface area contributed by atoms with Crippen LogP contribution in [0.2, 0.25) is 0 Å². The Bertz CT molecular complexity index is 279. The lowest BCUT2D eigenvalue weighted by Crippen LogP contribution is -2.35. The van der Waals surface area contributed by atoms with Crippen molar-refractivity contribution in [3.63, 3.8) is 0 Å². The smallest absolute Gasteiger partial charge is 0.191 e. The van der Waals surface area contributed by atoms with Crippen LogP contribution in [0.5, 0.6) is 0 Å². The minimum Gasteiger partial charge on any atom is -0.370 e. The number of guanidine groups is 1. The van der Waals surface area contributed by atoms with Gasteiger partial charge in [-0.15, -0.1) is 11.3 Å². The molecule has 0 saturated heterocycles. The van der Waals surface area contributed by atoms with Crippen molar-refractivity contribution in [2.24, 2.45) is 10.7 Å². The fourth-order valence-corrected chi connectivity index (χ4v) is 1.90. The van der Waals surface area contributed by atoms with Gasteiger partial charge in [-0.25, -0.2) is 0 Å². The Hall–Kier alpha value is -1.03. The van der Waals surface area contributed by atoms with E-state index in [1.165, 1.54) is 4.88 Å². The minimum absolute atomic E-state index is 0.295. The van der Waals surface area contributed by atoms with E-state index in [0.717, 1.165) is 0 Å². The van der Waals surface area contributed by atoms with Crippen LogP contribution in [0.15, 0.2) is 22.5 Å². The Morgan fingerprint density at radius 2 is 2.38 bits per heavy atom. The third-order valence-electron chi connectivity index (χ3n) is 2.13. The average Bonchev–Trinajstić information content (AvgIpc) is 2.67. The monoisotopic (exact) mass is 197 g/mol. The predicted octanol–water partition coefficient (Wildman–Crippen LogP) is 1.69. The highest BCUT2D eigenvalue weighted by molar-refractivity contribution is 7.10. The second kappa shape index (κ2) is 4.28. The van der Waals surface area contributed by atoms with E-state index in [0.29, 0.717) is 12.0 Å². The minimum atomic E-state index is 0.295. The predicted molar refractivity (Wildman–Crippen MR) is 58.0 cm³/mol. The molecule has 2 N–H and O–H groups in total. The van der Waals surface area contributed by atoms with Gasteiger partial charge in [-0.1, -0.05) is 6.07 Å². The summed E-state index contributed by atoms with van der Waals surface area (Å²) in [6.45, 7) is 2.11. The molecule has 0 radical (unpaired) electrons. The van der Waals surface area contributed by atoms with Gasteiger partial charge in [0, 0.05) is 19.0 Å². The highest BCUT2D eigenvalue weighted by atomic mass is 32.1. The highest BCUT2D eigenvalue weighted by Crippen LogP contribution is 2.22. The van der Waals surface area contributed by atoms with Crippen molar-refractivity contribution in [2.45, 2.75) is 13.0 Å². The van der Waals surface area contributed by atoms with Crippen molar-refractivity contribution < 1.29 is 0 Å². The zero-order valence-electron chi connectivity index (χ0n) is 8.19. The van der Waals surface area contributed by atoms with E-state index in [4.69, 9.17) is 5.73 Å². The number of nitrogens with two attached hydrogens (primary N) is 1. The Balaban J connectivity index is 2.74. The van der Waals surface area contributed by atoms with Crippen LogP contribution in [0.3, 0.4) is 0 Å². The van der Waals surface area contributed by atoms with Gasteiger partial charge in [0.2, 0.25) is 0 Å². The quantitative estimate of drug-likeness (QED) is 0.579. The fraction of sp³-hybridized carbons (Fsp3) is 0.444. The summed E-state index contributed by atoms with van der Waals surface area (Å²) in [5.74, 6) is 0.570. The number of thiophene rings is 1. The zero-order valence-corrected chi connectivity index (χ0v) is 9.01. The molecular weight excluding hydrogens is 182 g/mol. The maximum absolute atomic E-state index is 5.70. The van der Waals surface area contributed by atoms with E-state index < -0.39 is 0 Å². The third kappa shape index (κ3) is 2.21. The molecule has 0 bridgehead atoms. The summed E-state index contributed by atoms with van der Waals surface area (Å²) in [7, 11) is 3.65. The standard InChI is InChI=1S/C9H15N3S/c1-7(8-5-4-6-13-8)12(3)9(10)11-2/h4-7H,1-3H3,(H2,10,11). The molecule has 1 atom stereocenters. The Labute approximate surface area is 82.9 Å². The largest absolute Gasteiger partial charge is 0.370 e. The lowest BCUT2D eigenvalue weighted by atomic mass is 10.2. The van der Waals surface area contributed by atoms with Crippen LogP contribution in [-0.4, -0.2) is 25.0 Å². The van der Waals surface area contributed by atoms with Crippen LogP contribution < -0.4 is 5.73 Å². The van der Waals surface area contributed by atoms with E-state index in [1.54, 1.807) is 18.4 Å². The highest BCUT2D eigenvalue weighted by Gasteiger charge is 2.13. The van der Waals surface area contributed by atoms with E-state index in [9.17, 15) is 0 Å². The van der Waals surface area contributed by atoms with Gasteiger partial charge in [-0.05, 0) is 18.4 Å². The maximum Gasteiger partial charge on any atom is 0.191 e. The molecule has 0 saturated carbocycles. The fourth-order valence-electron chi connectivity index (χ4n) is 1.08.